The predicted octanol–water partition coefficient (Wildman–Crippen LogP) is 2.76. The molecular formula is C22H34O5. The normalized spacial score (nSPS) is 37.9. The largest absolute Gasteiger partial charge is 0.462 e. The van der Waals surface area contributed by atoms with Gasteiger partial charge in [0.25, 0.3) is 0 Å². The second-order valence-electron chi connectivity index (χ2n) is 8.64. The molecule has 5 nitrogen and oxygen atoms in total. The Labute approximate surface area is 162 Å². The fourth-order valence-electron chi connectivity index (χ4n) is 4.58. The lowest BCUT2D eigenvalue weighted by Crippen LogP contribution is -2.46. The van der Waals surface area contributed by atoms with E-state index in [1.54, 1.807) is 13.0 Å². The maximum absolute atomic E-state index is 11.6. The van der Waals surface area contributed by atoms with Gasteiger partial charge in [0, 0.05) is 25.2 Å². The van der Waals surface area contributed by atoms with Crippen molar-refractivity contribution in [2.24, 2.45) is 23.7 Å². The molecule has 0 unspecified atom stereocenters. The minimum atomic E-state index is -1.17. The first kappa shape index (κ1) is 21.9. The number of hydrogen-bond acceptors (Lipinski definition) is 5. The number of carbonyl (C=O) groups is 1. The maximum atomic E-state index is 11.6. The van der Waals surface area contributed by atoms with E-state index in [1.807, 2.05) is 32.9 Å². The third-order valence-corrected chi connectivity index (χ3v) is 6.20. The van der Waals surface area contributed by atoms with Crippen LogP contribution in [-0.2, 0) is 9.53 Å². The lowest BCUT2D eigenvalue weighted by atomic mass is 9.72. The lowest BCUT2D eigenvalue weighted by molar-refractivity contribution is -0.152. The lowest BCUT2D eigenvalue weighted by Gasteiger charge is -2.39. The summed E-state index contributed by atoms with van der Waals surface area (Å²) in [6.45, 7) is 13.0. The third-order valence-electron chi connectivity index (χ3n) is 6.20. The van der Waals surface area contributed by atoms with Gasteiger partial charge in [0.05, 0.1) is 17.8 Å². The number of allylic oxidation sites excluding steroid dienone is 2. The van der Waals surface area contributed by atoms with Gasteiger partial charge in [-0.2, -0.15) is 0 Å². The third kappa shape index (κ3) is 4.71. The van der Waals surface area contributed by atoms with E-state index < -0.39 is 29.8 Å². The molecule has 1 fully saturated rings. The minimum absolute atomic E-state index is 0.197. The Hall–Kier alpha value is -1.43. The van der Waals surface area contributed by atoms with Crippen LogP contribution in [0.4, 0.5) is 0 Å². The Kier molecular flexibility index (Phi) is 6.72. The van der Waals surface area contributed by atoms with Crippen molar-refractivity contribution in [1.29, 1.82) is 0 Å². The molecule has 0 aromatic carbocycles. The monoisotopic (exact) mass is 378 g/mol. The fourth-order valence-corrected chi connectivity index (χ4v) is 4.58. The predicted molar refractivity (Wildman–Crippen MR) is 105 cm³/mol. The number of fused-ring (bicyclic) bond motifs is 1. The van der Waals surface area contributed by atoms with E-state index in [4.69, 9.17) is 4.74 Å². The number of hydrogen-bond donors (Lipinski definition) is 3. The summed E-state index contributed by atoms with van der Waals surface area (Å²) >= 11 is 0. The van der Waals surface area contributed by atoms with Gasteiger partial charge in [-0.15, -0.1) is 0 Å². The molecule has 0 aromatic rings. The van der Waals surface area contributed by atoms with Gasteiger partial charge in [-0.1, -0.05) is 37.3 Å². The van der Waals surface area contributed by atoms with Crippen LogP contribution in [0, 0.1) is 23.7 Å². The van der Waals surface area contributed by atoms with Crippen molar-refractivity contribution in [3.63, 3.8) is 0 Å². The van der Waals surface area contributed by atoms with Gasteiger partial charge < -0.3 is 20.1 Å². The molecule has 5 heteroatoms. The summed E-state index contributed by atoms with van der Waals surface area (Å²) in [5.74, 6) is -1.65. The Morgan fingerprint density at radius 2 is 2.04 bits per heavy atom. The molecule has 0 amide bonds. The minimum Gasteiger partial charge on any atom is -0.462 e. The second kappa shape index (κ2) is 8.29. The molecule has 2 rings (SSSR count). The van der Waals surface area contributed by atoms with Crippen LogP contribution < -0.4 is 0 Å². The molecule has 0 radical (unpaired) electrons. The molecule has 0 spiro atoms. The van der Waals surface area contributed by atoms with Crippen molar-refractivity contribution in [2.45, 2.75) is 71.4 Å². The van der Waals surface area contributed by atoms with Crippen molar-refractivity contribution in [2.75, 3.05) is 0 Å². The molecule has 0 bridgehead atoms. The summed E-state index contributed by atoms with van der Waals surface area (Å²) in [7, 11) is 0. The molecule has 2 aliphatic carbocycles. The van der Waals surface area contributed by atoms with Crippen molar-refractivity contribution in [1.82, 2.24) is 0 Å². The summed E-state index contributed by atoms with van der Waals surface area (Å²) in [6.07, 6.45) is 4.36. The number of carbonyl (C=O) groups excluding carboxylic acids is 1. The van der Waals surface area contributed by atoms with E-state index in [2.05, 4.69) is 6.58 Å². The van der Waals surface area contributed by atoms with Crippen LogP contribution in [0.5, 0.6) is 0 Å². The number of aliphatic hydroxyl groups excluding tert-OH is 2. The fraction of sp³-hybridized carbons (Fsp3) is 0.682. The smallest absolute Gasteiger partial charge is 0.302 e. The number of esters is 1. The van der Waals surface area contributed by atoms with Crippen LogP contribution in [0.3, 0.4) is 0 Å². The highest BCUT2D eigenvalue weighted by Gasteiger charge is 2.52. The van der Waals surface area contributed by atoms with E-state index in [-0.39, 0.29) is 23.7 Å². The van der Waals surface area contributed by atoms with Gasteiger partial charge >= 0.3 is 5.97 Å². The maximum Gasteiger partial charge on any atom is 0.302 e. The Morgan fingerprint density at radius 1 is 1.41 bits per heavy atom. The average Bonchev–Trinajstić information content (AvgIpc) is 2.84. The summed E-state index contributed by atoms with van der Waals surface area (Å²) in [6, 6.07) is 0. The zero-order valence-corrected chi connectivity index (χ0v) is 17.1. The van der Waals surface area contributed by atoms with Gasteiger partial charge in [0.15, 0.2) is 0 Å². The first-order chi connectivity index (χ1) is 12.5. The van der Waals surface area contributed by atoms with E-state index >= 15 is 0 Å². The summed E-state index contributed by atoms with van der Waals surface area (Å²) in [4.78, 5) is 11.6. The van der Waals surface area contributed by atoms with E-state index in [0.717, 1.165) is 5.57 Å². The van der Waals surface area contributed by atoms with Crippen LogP contribution in [0.15, 0.2) is 36.0 Å². The van der Waals surface area contributed by atoms with E-state index in [9.17, 15) is 20.1 Å². The molecule has 27 heavy (non-hydrogen) atoms. The molecule has 8 atom stereocenters. The highest BCUT2D eigenvalue weighted by atomic mass is 16.5. The molecule has 3 N–H and O–H groups in total. The molecule has 0 heterocycles. The number of ether oxygens (including phenoxy) is 1. The van der Waals surface area contributed by atoms with Gasteiger partial charge in [0.2, 0.25) is 0 Å². The second-order valence-corrected chi connectivity index (χ2v) is 8.64. The van der Waals surface area contributed by atoms with Gasteiger partial charge in [-0.25, -0.2) is 0 Å². The van der Waals surface area contributed by atoms with E-state index in [0.29, 0.717) is 18.4 Å². The molecule has 0 aliphatic heterocycles. The molecule has 0 saturated heterocycles. The van der Waals surface area contributed by atoms with Crippen LogP contribution in [-0.4, -0.2) is 45.2 Å². The van der Waals surface area contributed by atoms with Gasteiger partial charge in [-0.3, -0.25) is 4.79 Å². The number of rotatable bonds is 5. The number of aliphatic hydroxyl groups is 3. The average molecular weight is 379 g/mol. The summed E-state index contributed by atoms with van der Waals surface area (Å²) in [5, 5.41) is 32.6. The zero-order chi connectivity index (χ0) is 20.5. The quantitative estimate of drug-likeness (QED) is 0.506. The highest BCUT2D eigenvalue weighted by molar-refractivity contribution is 5.66. The molecule has 152 valence electrons. The Morgan fingerprint density at radius 3 is 2.59 bits per heavy atom. The zero-order valence-electron chi connectivity index (χ0n) is 17.1. The van der Waals surface area contributed by atoms with Crippen LogP contribution in [0.2, 0.25) is 0 Å². The SMILES string of the molecule is C=C1[C@H](O)C[C@@H]([C@H](C)[C@H](CC=C(C)C)OC(C)=O)[C@@H](O)[C@H]2[C@H]1C=C[C@]2(C)O. The van der Waals surface area contributed by atoms with Gasteiger partial charge in [0.1, 0.15) is 6.10 Å². The van der Waals surface area contributed by atoms with Crippen LogP contribution in [0.25, 0.3) is 0 Å². The Bertz CT molecular complexity index is 629. The topological polar surface area (TPSA) is 87.0 Å². The van der Waals surface area contributed by atoms with Crippen molar-refractivity contribution in [3.05, 3.63) is 36.0 Å². The van der Waals surface area contributed by atoms with Crippen LogP contribution in [0.1, 0.15) is 47.5 Å². The van der Waals surface area contributed by atoms with Crippen molar-refractivity contribution < 1.29 is 24.9 Å². The molecular weight excluding hydrogens is 344 g/mol. The molecule has 2 aliphatic rings. The standard InChI is InChI=1S/C22H34O5/c1-12(2)7-8-19(27-15(5)23)14(4)17-11-18(24)13(3)16-9-10-22(6,26)20(16)21(17)25/h7,9-10,14,16-21,24-26H,3,8,11H2,1-2,4-6H3/t14-,16-,17-,18+,19-,20+,21+,22-/m0/s1. The van der Waals surface area contributed by atoms with Crippen molar-refractivity contribution >= 4 is 5.97 Å². The summed E-state index contributed by atoms with van der Waals surface area (Å²) < 4.78 is 5.55. The Balaban J connectivity index is 2.34. The first-order valence-electron chi connectivity index (χ1n) is 9.72. The molecule has 0 aromatic heterocycles. The van der Waals surface area contributed by atoms with Crippen LogP contribution >= 0.6 is 0 Å². The highest BCUT2D eigenvalue weighted by Crippen LogP contribution is 2.48. The molecule has 1 saturated carbocycles. The van der Waals surface area contributed by atoms with Crippen molar-refractivity contribution in [3.8, 4) is 0 Å². The van der Waals surface area contributed by atoms with Gasteiger partial charge in [-0.05, 0) is 44.6 Å². The summed E-state index contributed by atoms with van der Waals surface area (Å²) in [5.41, 5.74) is 0.569. The van der Waals surface area contributed by atoms with E-state index in [1.165, 1.54) is 6.92 Å². The first-order valence-corrected chi connectivity index (χ1v) is 9.72.